The Balaban J connectivity index is 1.93. The molecule has 1 fully saturated rings. The van der Waals surface area contributed by atoms with Crippen molar-refractivity contribution in [3.63, 3.8) is 0 Å². The molecule has 6 heteroatoms. The van der Waals surface area contributed by atoms with Crippen molar-refractivity contribution in [3.8, 4) is 0 Å². The first kappa shape index (κ1) is 16.4. The van der Waals surface area contributed by atoms with E-state index in [-0.39, 0.29) is 6.10 Å². The van der Waals surface area contributed by atoms with E-state index in [0.29, 0.717) is 36.7 Å². The van der Waals surface area contributed by atoms with Gasteiger partial charge < -0.3 is 14.4 Å². The van der Waals surface area contributed by atoms with E-state index in [1.807, 2.05) is 0 Å². The first-order valence-electron chi connectivity index (χ1n) is 7.82. The molecule has 0 amide bonds. The minimum Gasteiger partial charge on any atom is -0.393 e. The van der Waals surface area contributed by atoms with E-state index >= 15 is 0 Å². The minimum atomic E-state index is -0.433. The predicted octanol–water partition coefficient (Wildman–Crippen LogP) is 1.80. The van der Waals surface area contributed by atoms with Crippen LogP contribution in [0.2, 0.25) is 0 Å². The number of aromatic nitrogens is 2. The third-order valence-electron chi connectivity index (χ3n) is 3.75. The van der Waals surface area contributed by atoms with E-state index < -0.39 is 6.10 Å². The van der Waals surface area contributed by atoms with Gasteiger partial charge in [-0.1, -0.05) is 19.0 Å². The maximum atomic E-state index is 9.94. The van der Waals surface area contributed by atoms with Crippen LogP contribution >= 0.6 is 0 Å². The van der Waals surface area contributed by atoms with Gasteiger partial charge in [-0.05, 0) is 26.2 Å². The van der Waals surface area contributed by atoms with Crippen LogP contribution in [0, 0.1) is 5.92 Å². The zero-order chi connectivity index (χ0) is 15.4. The fraction of sp³-hybridized carbons (Fsp3) is 0.867. The van der Waals surface area contributed by atoms with Crippen LogP contribution in [0.3, 0.4) is 0 Å². The third kappa shape index (κ3) is 4.76. The van der Waals surface area contributed by atoms with Crippen LogP contribution in [0.5, 0.6) is 0 Å². The first-order valence-corrected chi connectivity index (χ1v) is 7.82. The van der Waals surface area contributed by atoms with E-state index in [1.165, 1.54) is 0 Å². The highest BCUT2D eigenvalue weighted by molar-refractivity contribution is 4.95. The Hall–Kier alpha value is -0.980. The molecule has 0 bridgehead atoms. The molecule has 1 aliphatic rings. The fourth-order valence-corrected chi connectivity index (χ4v) is 2.61. The Kier molecular flexibility index (Phi) is 5.72. The quantitative estimate of drug-likeness (QED) is 0.863. The molecule has 0 radical (unpaired) electrons. The van der Waals surface area contributed by atoms with E-state index in [1.54, 1.807) is 0 Å². The second-order valence-electron chi connectivity index (χ2n) is 6.48. The van der Waals surface area contributed by atoms with Crippen molar-refractivity contribution in [2.24, 2.45) is 5.92 Å². The Morgan fingerprint density at radius 3 is 2.76 bits per heavy atom. The van der Waals surface area contributed by atoms with E-state index in [2.05, 4.69) is 42.7 Å². The molecule has 1 aliphatic heterocycles. The molecule has 1 aromatic rings. The molecule has 2 unspecified atom stereocenters. The number of hydrogen-bond donors (Lipinski definition) is 1. The van der Waals surface area contributed by atoms with Crippen LogP contribution in [-0.4, -0.2) is 52.0 Å². The Bertz CT molecular complexity index is 434. The standard InChI is InChI=1S/C15H27N3O3/c1-10(2)7-12(19)8-14-16-15(17-21-14)13-9-18(11(3)4)5-6-20-13/h10-13,19H,5-9H2,1-4H3. The lowest BCUT2D eigenvalue weighted by Gasteiger charge is -2.34. The molecule has 6 nitrogen and oxygen atoms in total. The molecule has 2 heterocycles. The van der Waals surface area contributed by atoms with Gasteiger partial charge >= 0.3 is 0 Å². The van der Waals surface area contributed by atoms with Crippen molar-refractivity contribution < 1.29 is 14.4 Å². The number of morpholine rings is 1. The summed E-state index contributed by atoms with van der Waals surface area (Å²) in [6, 6.07) is 0.482. The molecule has 0 saturated carbocycles. The summed E-state index contributed by atoms with van der Waals surface area (Å²) in [4.78, 5) is 6.73. The van der Waals surface area contributed by atoms with Crippen LogP contribution in [0.1, 0.15) is 51.9 Å². The van der Waals surface area contributed by atoms with Gasteiger partial charge in [0.05, 0.1) is 19.1 Å². The van der Waals surface area contributed by atoms with Gasteiger partial charge in [0.25, 0.3) is 0 Å². The number of hydrogen-bond acceptors (Lipinski definition) is 6. The van der Waals surface area contributed by atoms with Crippen molar-refractivity contribution in [2.45, 2.75) is 58.8 Å². The Morgan fingerprint density at radius 1 is 1.33 bits per heavy atom. The van der Waals surface area contributed by atoms with Crippen molar-refractivity contribution in [3.05, 3.63) is 11.7 Å². The smallest absolute Gasteiger partial charge is 0.229 e. The van der Waals surface area contributed by atoms with Crippen LogP contribution in [0.15, 0.2) is 4.52 Å². The summed E-state index contributed by atoms with van der Waals surface area (Å²) in [7, 11) is 0. The summed E-state index contributed by atoms with van der Waals surface area (Å²) in [6.45, 7) is 10.9. The maximum absolute atomic E-state index is 9.94. The monoisotopic (exact) mass is 297 g/mol. The number of aliphatic hydroxyl groups excluding tert-OH is 1. The SMILES string of the molecule is CC(C)CC(O)Cc1nc(C2CN(C(C)C)CCO2)no1. The molecule has 0 aliphatic carbocycles. The summed E-state index contributed by atoms with van der Waals surface area (Å²) in [6.07, 6.45) is 0.573. The van der Waals surface area contributed by atoms with Gasteiger partial charge in [-0.3, -0.25) is 4.90 Å². The van der Waals surface area contributed by atoms with Gasteiger partial charge in [0, 0.05) is 19.1 Å². The van der Waals surface area contributed by atoms with Gasteiger partial charge in [-0.15, -0.1) is 0 Å². The molecule has 1 aromatic heterocycles. The summed E-state index contributed by atoms with van der Waals surface area (Å²) in [5, 5.41) is 14.0. The zero-order valence-electron chi connectivity index (χ0n) is 13.5. The summed E-state index contributed by atoms with van der Waals surface area (Å²) in [5.74, 6) is 1.53. The average molecular weight is 297 g/mol. The predicted molar refractivity (Wildman–Crippen MR) is 78.9 cm³/mol. The fourth-order valence-electron chi connectivity index (χ4n) is 2.61. The van der Waals surface area contributed by atoms with Gasteiger partial charge in [0.1, 0.15) is 6.10 Å². The molecular weight excluding hydrogens is 270 g/mol. The van der Waals surface area contributed by atoms with Gasteiger partial charge in [-0.25, -0.2) is 0 Å². The molecular formula is C15H27N3O3. The normalized spacial score (nSPS) is 22.1. The maximum Gasteiger partial charge on any atom is 0.229 e. The zero-order valence-corrected chi connectivity index (χ0v) is 13.5. The largest absolute Gasteiger partial charge is 0.393 e. The summed E-state index contributed by atoms with van der Waals surface area (Å²) < 4.78 is 11.0. The lowest BCUT2D eigenvalue weighted by atomic mass is 10.0. The van der Waals surface area contributed by atoms with Crippen LogP contribution in [0.25, 0.3) is 0 Å². The molecule has 1 saturated heterocycles. The van der Waals surface area contributed by atoms with Crippen LogP contribution in [0.4, 0.5) is 0 Å². The summed E-state index contributed by atoms with van der Waals surface area (Å²) >= 11 is 0. The second kappa shape index (κ2) is 7.33. The highest BCUT2D eigenvalue weighted by atomic mass is 16.5. The Morgan fingerprint density at radius 2 is 2.10 bits per heavy atom. The van der Waals surface area contributed by atoms with Crippen LogP contribution in [-0.2, 0) is 11.2 Å². The van der Waals surface area contributed by atoms with Gasteiger partial charge in [0.2, 0.25) is 11.7 Å². The van der Waals surface area contributed by atoms with Crippen molar-refractivity contribution in [1.29, 1.82) is 0 Å². The third-order valence-corrected chi connectivity index (χ3v) is 3.75. The summed E-state index contributed by atoms with van der Waals surface area (Å²) in [5.41, 5.74) is 0. The number of rotatable bonds is 6. The number of aliphatic hydroxyl groups is 1. The molecule has 0 aromatic carbocycles. The van der Waals surface area contributed by atoms with Crippen molar-refractivity contribution >= 4 is 0 Å². The van der Waals surface area contributed by atoms with E-state index in [0.717, 1.165) is 19.5 Å². The molecule has 21 heavy (non-hydrogen) atoms. The first-order chi connectivity index (χ1) is 9.95. The molecule has 0 spiro atoms. The highest BCUT2D eigenvalue weighted by Crippen LogP contribution is 2.21. The molecule has 2 rings (SSSR count). The van der Waals surface area contributed by atoms with Crippen LogP contribution < -0.4 is 0 Å². The van der Waals surface area contributed by atoms with E-state index in [9.17, 15) is 5.11 Å². The number of nitrogens with zero attached hydrogens (tertiary/aromatic N) is 3. The van der Waals surface area contributed by atoms with Gasteiger partial charge in [0.15, 0.2) is 0 Å². The van der Waals surface area contributed by atoms with Gasteiger partial charge in [-0.2, -0.15) is 4.98 Å². The average Bonchev–Trinajstić information content (AvgIpc) is 2.86. The minimum absolute atomic E-state index is 0.138. The highest BCUT2D eigenvalue weighted by Gasteiger charge is 2.27. The second-order valence-corrected chi connectivity index (χ2v) is 6.48. The molecule has 2 atom stereocenters. The molecule has 120 valence electrons. The van der Waals surface area contributed by atoms with E-state index in [4.69, 9.17) is 9.26 Å². The molecule has 1 N–H and O–H groups in total. The number of ether oxygens (including phenoxy) is 1. The Labute approximate surface area is 126 Å². The van der Waals surface area contributed by atoms with Crippen molar-refractivity contribution in [1.82, 2.24) is 15.0 Å². The lowest BCUT2D eigenvalue weighted by Crippen LogP contribution is -2.42. The lowest BCUT2D eigenvalue weighted by molar-refractivity contribution is -0.0450. The topological polar surface area (TPSA) is 71.6 Å². The van der Waals surface area contributed by atoms with Crippen molar-refractivity contribution in [2.75, 3.05) is 19.7 Å².